The summed E-state index contributed by atoms with van der Waals surface area (Å²) in [5.41, 5.74) is 2.19. The number of hydrogen-bond acceptors (Lipinski definition) is 3. The van der Waals surface area contributed by atoms with Gasteiger partial charge in [0.2, 0.25) is 0 Å². The first-order valence-electron chi connectivity index (χ1n) is 8.97. The van der Waals surface area contributed by atoms with Crippen LogP contribution in [0.3, 0.4) is 0 Å². The van der Waals surface area contributed by atoms with E-state index in [-0.39, 0.29) is 22.9 Å². The zero-order valence-electron chi connectivity index (χ0n) is 14.7. The molecule has 3 nitrogen and oxygen atoms in total. The summed E-state index contributed by atoms with van der Waals surface area (Å²) in [5, 5.41) is 10.8. The fourth-order valence-electron chi connectivity index (χ4n) is 5.80. The highest BCUT2D eigenvalue weighted by Gasteiger charge is 2.56. The van der Waals surface area contributed by atoms with Crippen molar-refractivity contribution in [2.24, 2.45) is 22.7 Å². The van der Waals surface area contributed by atoms with Crippen molar-refractivity contribution in [2.45, 2.75) is 65.4 Å². The molecular weight excluding hydrogens is 288 g/mol. The van der Waals surface area contributed by atoms with Crippen LogP contribution in [0.4, 0.5) is 0 Å². The van der Waals surface area contributed by atoms with Crippen LogP contribution in [0.15, 0.2) is 23.8 Å². The Balaban J connectivity index is 1.89. The Kier molecular flexibility index (Phi) is 4.20. The molecule has 1 heterocycles. The van der Waals surface area contributed by atoms with Gasteiger partial charge in [0.05, 0.1) is 12.7 Å². The number of ether oxygens (including phenoxy) is 1. The van der Waals surface area contributed by atoms with Crippen LogP contribution in [0, 0.1) is 22.7 Å². The molecule has 1 aliphatic heterocycles. The van der Waals surface area contributed by atoms with Gasteiger partial charge in [-0.2, -0.15) is 0 Å². The summed E-state index contributed by atoms with van der Waals surface area (Å²) in [5.74, 6) is 0.488. The molecule has 0 bridgehead atoms. The first kappa shape index (κ1) is 16.8. The SMILES string of the molecule is C=C1C[C@@H](O)[C@@H]2C(C)(C)CCC[C@]2(C)[C@H]1C/C=C1/CCOC1=O. The molecule has 0 spiro atoms. The second-order valence-electron chi connectivity index (χ2n) is 8.66. The van der Waals surface area contributed by atoms with Gasteiger partial charge in [-0.3, -0.25) is 0 Å². The summed E-state index contributed by atoms with van der Waals surface area (Å²) in [4.78, 5) is 11.7. The van der Waals surface area contributed by atoms with E-state index in [1.165, 1.54) is 12.8 Å². The topological polar surface area (TPSA) is 46.5 Å². The molecule has 3 fully saturated rings. The van der Waals surface area contributed by atoms with Crippen LogP contribution in [-0.4, -0.2) is 23.8 Å². The average molecular weight is 318 g/mol. The van der Waals surface area contributed by atoms with Gasteiger partial charge in [-0.05, 0) is 48.3 Å². The van der Waals surface area contributed by atoms with E-state index in [0.717, 1.165) is 30.4 Å². The van der Waals surface area contributed by atoms with E-state index in [2.05, 4.69) is 33.4 Å². The molecule has 0 aromatic carbocycles. The van der Waals surface area contributed by atoms with Crippen LogP contribution in [0.1, 0.15) is 59.3 Å². The van der Waals surface area contributed by atoms with Gasteiger partial charge < -0.3 is 9.84 Å². The summed E-state index contributed by atoms with van der Waals surface area (Å²) < 4.78 is 5.04. The largest absolute Gasteiger partial charge is 0.462 e. The Morgan fingerprint density at radius 1 is 1.35 bits per heavy atom. The van der Waals surface area contributed by atoms with Crippen LogP contribution < -0.4 is 0 Å². The van der Waals surface area contributed by atoms with Crippen LogP contribution >= 0.6 is 0 Å². The van der Waals surface area contributed by atoms with E-state index in [1.807, 2.05) is 0 Å². The number of aliphatic hydroxyl groups is 1. The molecule has 0 aromatic rings. The molecule has 3 heteroatoms. The highest BCUT2D eigenvalue weighted by Crippen LogP contribution is 2.61. The fourth-order valence-corrected chi connectivity index (χ4v) is 5.80. The summed E-state index contributed by atoms with van der Waals surface area (Å²) in [6, 6.07) is 0. The normalized spacial score (nSPS) is 41.7. The zero-order chi connectivity index (χ0) is 16.8. The summed E-state index contributed by atoms with van der Waals surface area (Å²) in [7, 11) is 0. The van der Waals surface area contributed by atoms with Gasteiger partial charge in [-0.1, -0.05) is 45.4 Å². The minimum Gasteiger partial charge on any atom is -0.462 e. The number of hydrogen-bond donors (Lipinski definition) is 1. The first-order chi connectivity index (χ1) is 10.8. The smallest absolute Gasteiger partial charge is 0.333 e. The monoisotopic (exact) mass is 318 g/mol. The zero-order valence-corrected chi connectivity index (χ0v) is 14.7. The maximum absolute atomic E-state index is 11.7. The van der Waals surface area contributed by atoms with Gasteiger partial charge in [0, 0.05) is 12.0 Å². The standard InChI is InChI=1S/C20H30O3/c1-13-12-16(21)17-19(2,3)9-5-10-20(17,4)15(13)7-6-14-8-11-23-18(14)22/h6,15-17,21H,1,5,7-12H2,2-4H3/b14-6-/t15-,16+,17+,20+/m0/s1. The van der Waals surface area contributed by atoms with E-state index in [0.29, 0.717) is 24.9 Å². The predicted molar refractivity (Wildman–Crippen MR) is 90.8 cm³/mol. The first-order valence-corrected chi connectivity index (χ1v) is 8.97. The maximum atomic E-state index is 11.7. The number of cyclic esters (lactones) is 1. The van der Waals surface area contributed by atoms with Gasteiger partial charge in [-0.15, -0.1) is 0 Å². The van der Waals surface area contributed by atoms with E-state index in [1.54, 1.807) is 0 Å². The van der Waals surface area contributed by atoms with Crippen molar-refractivity contribution in [1.29, 1.82) is 0 Å². The van der Waals surface area contributed by atoms with Gasteiger partial charge in [0.1, 0.15) is 0 Å². The van der Waals surface area contributed by atoms with E-state index in [9.17, 15) is 9.90 Å². The number of carbonyl (C=O) groups is 1. The van der Waals surface area contributed by atoms with Crippen molar-refractivity contribution in [3.05, 3.63) is 23.8 Å². The van der Waals surface area contributed by atoms with Gasteiger partial charge in [0.15, 0.2) is 0 Å². The molecule has 3 aliphatic rings. The number of aliphatic hydroxyl groups excluding tert-OH is 1. The van der Waals surface area contributed by atoms with Crippen LogP contribution in [0.2, 0.25) is 0 Å². The molecule has 2 aliphatic carbocycles. The molecule has 0 aromatic heterocycles. The third-order valence-electron chi connectivity index (χ3n) is 6.70. The van der Waals surface area contributed by atoms with Crippen molar-refractivity contribution in [2.75, 3.05) is 6.61 Å². The molecule has 0 unspecified atom stereocenters. The molecule has 3 rings (SSSR count). The summed E-state index contributed by atoms with van der Waals surface area (Å²) in [6.45, 7) is 11.7. The Morgan fingerprint density at radius 2 is 2.09 bits per heavy atom. The molecule has 0 amide bonds. The lowest BCUT2D eigenvalue weighted by Crippen LogP contribution is -2.55. The highest BCUT2D eigenvalue weighted by molar-refractivity contribution is 5.90. The Bertz CT molecular complexity index is 545. The third-order valence-corrected chi connectivity index (χ3v) is 6.70. The lowest BCUT2D eigenvalue weighted by molar-refractivity contribution is -0.135. The van der Waals surface area contributed by atoms with Crippen molar-refractivity contribution < 1.29 is 14.6 Å². The van der Waals surface area contributed by atoms with E-state index in [4.69, 9.17) is 4.74 Å². The number of carbonyl (C=O) groups excluding carboxylic acids is 1. The molecule has 2 saturated carbocycles. The van der Waals surface area contributed by atoms with Crippen LogP contribution in [-0.2, 0) is 9.53 Å². The summed E-state index contributed by atoms with van der Waals surface area (Å²) in [6.07, 6.45) is 7.57. The Labute approximate surface area is 139 Å². The number of rotatable bonds is 2. The maximum Gasteiger partial charge on any atom is 0.333 e. The fraction of sp³-hybridized carbons (Fsp3) is 0.750. The van der Waals surface area contributed by atoms with Gasteiger partial charge >= 0.3 is 5.97 Å². The molecular formula is C20H30O3. The van der Waals surface area contributed by atoms with Crippen LogP contribution in [0.5, 0.6) is 0 Å². The van der Waals surface area contributed by atoms with Gasteiger partial charge in [0.25, 0.3) is 0 Å². The minimum atomic E-state index is -0.289. The third kappa shape index (κ3) is 2.77. The second-order valence-corrected chi connectivity index (χ2v) is 8.66. The summed E-state index contributed by atoms with van der Waals surface area (Å²) >= 11 is 0. The van der Waals surface area contributed by atoms with Crippen molar-refractivity contribution in [1.82, 2.24) is 0 Å². The molecule has 23 heavy (non-hydrogen) atoms. The highest BCUT2D eigenvalue weighted by atomic mass is 16.5. The molecule has 128 valence electrons. The number of esters is 1. The minimum absolute atomic E-state index is 0.0655. The quantitative estimate of drug-likeness (QED) is 0.475. The van der Waals surface area contributed by atoms with Gasteiger partial charge in [-0.25, -0.2) is 4.79 Å². The van der Waals surface area contributed by atoms with E-state index < -0.39 is 0 Å². The molecule has 1 N–H and O–H groups in total. The molecule has 0 radical (unpaired) electrons. The van der Waals surface area contributed by atoms with Crippen molar-refractivity contribution >= 4 is 5.97 Å². The number of fused-ring (bicyclic) bond motifs is 1. The Hall–Kier alpha value is -1.09. The second kappa shape index (κ2) is 5.77. The lowest BCUT2D eigenvalue weighted by Gasteiger charge is -2.59. The Morgan fingerprint density at radius 3 is 2.74 bits per heavy atom. The van der Waals surface area contributed by atoms with Crippen molar-refractivity contribution in [3.63, 3.8) is 0 Å². The molecule has 1 saturated heterocycles. The lowest BCUT2D eigenvalue weighted by atomic mass is 9.46. The molecule has 4 atom stereocenters. The van der Waals surface area contributed by atoms with E-state index >= 15 is 0 Å². The predicted octanol–water partition coefficient (Wildman–Crippen LogP) is 4.02. The number of allylic oxidation sites excluding steroid dienone is 1. The van der Waals surface area contributed by atoms with Crippen molar-refractivity contribution in [3.8, 4) is 0 Å². The average Bonchev–Trinajstić information content (AvgIpc) is 2.82. The van der Waals surface area contributed by atoms with Crippen LogP contribution in [0.25, 0.3) is 0 Å².